The van der Waals surface area contributed by atoms with Crippen molar-refractivity contribution in [1.29, 1.82) is 0 Å². The van der Waals surface area contributed by atoms with E-state index in [-0.39, 0.29) is 24.9 Å². The van der Waals surface area contributed by atoms with Gasteiger partial charge in [-0.15, -0.1) is 0 Å². The van der Waals surface area contributed by atoms with Gasteiger partial charge < -0.3 is 10.2 Å². The summed E-state index contributed by atoms with van der Waals surface area (Å²) in [5, 5.41) is 5.02. The normalized spacial score (nSPS) is 12.9. The third-order valence-corrected chi connectivity index (χ3v) is 8.78. The Balaban J connectivity index is 1.79. The average molecular weight is 606 g/mol. The molecular weight excluding hydrogens is 570 g/mol. The van der Waals surface area contributed by atoms with Crippen LogP contribution < -0.4 is 9.62 Å². The van der Waals surface area contributed by atoms with E-state index >= 15 is 0 Å². The zero-order valence-electron chi connectivity index (χ0n) is 24.0. The summed E-state index contributed by atoms with van der Waals surface area (Å²) < 4.78 is 27.5. The Kier molecular flexibility index (Phi) is 10.2. The van der Waals surface area contributed by atoms with E-state index < -0.39 is 28.5 Å². The van der Waals surface area contributed by atoms with Gasteiger partial charge >= 0.3 is 0 Å². The van der Waals surface area contributed by atoms with Gasteiger partial charge in [-0.05, 0) is 42.0 Å². The van der Waals surface area contributed by atoms with Crippen LogP contribution in [0.2, 0.25) is 5.02 Å². The van der Waals surface area contributed by atoms with Crippen molar-refractivity contribution in [3.05, 3.63) is 113 Å². The predicted octanol–water partition coefficient (Wildman–Crippen LogP) is 5.81. The van der Waals surface area contributed by atoms with Gasteiger partial charge in [0, 0.05) is 29.4 Å². The first-order valence-electron chi connectivity index (χ1n) is 13.9. The summed E-state index contributed by atoms with van der Waals surface area (Å²) in [5.74, 6) is -0.835. The Hall–Kier alpha value is -3.88. The lowest BCUT2D eigenvalue weighted by Gasteiger charge is -2.34. The first-order chi connectivity index (χ1) is 20.1. The average Bonchev–Trinajstić information content (AvgIpc) is 2.98. The molecular formula is C33H36ClN3O4S. The van der Waals surface area contributed by atoms with Crippen LogP contribution in [-0.2, 0) is 32.6 Å². The molecule has 2 amide bonds. The van der Waals surface area contributed by atoms with E-state index in [2.05, 4.69) is 5.32 Å². The number of anilines is 1. The first-order valence-corrected chi connectivity index (χ1v) is 16.1. The van der Waals surface area contributed by atoms with Crippen LogP contribution in [0.5, 0.6) is 0 Å². The monoisotopic (exact) mass is 605 g/mol. The van der Waals surface area contributed by atoms with E-state index in [0.717, 1.165) is 21.5 Å². The molecule has 4 aromatic rings. The lowest BCUT2D eigenvalue weighted by Crippen LogP contribution is -2.54. The number of nitrogens with zero attached hydrogens (tertiary/aromatic N) is 2. The van der Waals surface area contributed by atoms with Gasteiger partial charge in [0.2, 0.25) is 21.8 Å². The standard InChI is InChI=1S/C33H36ClN3O4S/c1-4-24(2)35-33(39)31(21-25-13-6-5-7-14-25)36(22-27-16-9-11-19-29(27)34)32(38)23-37(42(3,40)41)30-20-12-17-26-15-8-10-18-28(26)30/h5-20,24,31H,4,21-23H2,1-3H3,(H,35,39)/t24-,31+/m0/s1. The van der Waals surface area contributed by atoms with Crippen molar-refractivity contribution in [3.63, 3.8) is 0 Å². The SMILES string of the molecule is CC[C@H](C)NC(=O)[C@@H](Cc1ccccc1)N(Cc1ccccc1Cl)C(=O)CN(c1cccc2ccccc12)S(C)(=O)=O. The van der Waals surface area contributed by atoms with Crippen molar-refractivity contribution in [2.45, 2.75) is 45.3 Å². The van der Waals surface area contributed by atoms with Gasteiger partial charge in [0.25, 0.3) is 0 Å². The fraction of sp³-hybridized carbons (Fsp3) is 0.273. The molecule has 0 bridgehead atoms. The molecule has 4 aromatic carbocycles. The lowest BCUT2D eigenvalue weighted by molar-refractivity contribution is -0.140. The van der Waals surface area contributed by atoms with Crippen LogP contribution in [0.25, 0.3) is 10.8 Å². The van der Waals surface area contributed by atoms with Crippen molar-refractivity contribution in [2.75, 3.05) is 17.1 Å². The molecule has 9 heteroatoms. The maximum atomic E-state index is 14.3. The second-order valence-electron chi connectivity index (χ2n) is 10.4. The number of amides is 2. The van der Waals surface area contributed by atoms with Crippen LogP contribution in [0.4, 0.5) is 5.69 Å². The Bertz CT molecular complexity index is 1640. The number of benzene rings is 4. The molecule has 4 rings (SSSR count). The number of halogens is 1. The topological polar surface area (TPSA) is 86.8 Å². The third-order valence-electron chi connectivity index (χ3n) is 7.29. The molecule has 7 nitrogen and oxygen atoms in total. The fourth-order valence-corrected chi connectivity index (χ4v) is 5.88. The molecule has 0 aliphatic carbocycles. The molecule has 0 aliphatic rings. The van der Waals surface area contributed by atoms with Crippen molar-refractivity contribution in [3.8, 4) is 0 Å². The number of rotatable bonds is 12. The van der Waals surface area contributed by atoms with Gasteiger partial charge in [-0.3, -0.25) is 13.9 Å². The molecule has 0 saturated carbocycles. The van der Waals surface area contributed by atoms with Gasteiger partial charge in [0.15, 0.2) is 0 Å². The van der Waals surface area contributed by atoms with E-state index in [1.165, 1.54) is 4.90 Å². The van der Waals surface area contributed by atoms with Crippen molar-refractivity contribution >= 4 is 49.9 Å². The molecule has 220 valence electrons. The fourth-order valence-electron chi connectivity index (χ4n) is 4.83. The summed E-state index contributed by atoms with van der Waals surface area (Å²) >= 11 is 6.52. The zero-order chi connectivity index (χ0) is 30.3. The number of carbonyl (C=O) groups excluding carboxylic acids is 2. The van der Waals surface area contributed by atoms with Crippen LogP contribution in [0.1, 0.15) is 31.4 Å². The molecule has 0 unspecified atom stereocenters. The van der Waals surface area contributed by atoms with Crippen LogP contribution in [-0.4, -0.2) is 50.0 Å². The van der Waals surface area contributed by atoms with Gasteiger partial charge in [-0.1, -0.05) is 103 Å². The molecule has 0 heterocycles. The molecule has 0 radical (unpaired) electrons. The smallest absolute Gasteiger partial charge is 0.244 e. The van der Waals surface area contributed by atoms with Crippen molar-refractivity contribution in [2.24, 2.45) is 0 Å². The maximum Gasteiger partial charge on any atom is 0.244 e. The van der Waals surface area contributed by atoms with Crippen molar-refractivity contribution < 1.29 is 18.0 Å². The Morgan fingerprint density at radius 1 is 0.881 bits per heavy atom. The Morgan fingerprint density at radius 2 is 1.52 bits per heavy atom. The quantitative estimate of drug-likeness (QED) is 0.221. The summed E-state index contributed by atoms with van der Waals surface area (Å²) in [6.07, 6.45) is 2.04. The minimum atomic E-state index is -3.89. The van der Waals surface area contributed by atoms with E-state index in [1.807, 2.05) is 80.6 Å². The van der Waals surface area contributed by atoms with Gasteiger partial charge in [0.05, 0.1) is 11.9 Å². The van der Waals surface area contributed by atoms with Gasteiger partial charge in [-0.25, -0.2) is 8.42 Å². The summed E-state index contributed by atoms with van der Waals surface area (Å²) in [6.45, 7) is 3.41. The molecule has 42 heavy (non-hydrogen) atoms. The van der Waals surface area contributed by atoms with Crippen LogP contribution in [0.15, 0.2) is 97.1 Å². The molecule has 0 saturated heterocycles. The van der Waals surface area contributed by atoms with Crippen LogP contribution >= 0.6 is 11.6 Å². The molecule has 2 atom stereocenters. The van der Waals surface area contributed by atoms with E-state index in [4.69, 9.17) is 11.6 Å². The van der Waals surface area contributed by atoms with Crippen molar-refractivity contribution in [1.82, 2.24) is 10.2 Å². The number of sulfonamides is 1. The molecule has 0 fully saturated rings. The van der Waals surface area contributed by atoms with Gasteiger partial charge in [0.1, 0.15) is 12.6 Å². The summed E-state index contributed by atoms with van der Waals surface area (Å²) in [7, 11) is -3.89. The van der Waals surface area contributed by atoms with E-state index in [0.29, 0.717) is 28.1 Å². The molecule has 0 spiro atoms. The highest BCUT2D eigenvalue weighted by Gasteiger charge is 2.34. The van der Waals surface area contributed by atoms with Crippen LogP contribution in [0, 0.1) is 0 Å². The predicted molar refractivity (Wildman–Crippen MR) is 170 cm³/mol. The maximum absolute atomic E-state index is 14.3. The zero-order valence-corrected chi connectivity index (χ0v) is 25.6. The Morgan fingerprint density at radius 3 is 2.21 bits per heavy atom. The lowest BCUT2D eigenvalue weighted by atomic mass is 10.0. The minimum Gasteiger partial charge on any atom is -0.352 e. The summed E-state index contributed by atoms with van der Waals surface area (Å²) in [6, 6.07) is 28.3. The summed E-state index contributed by atoms with van der Waals surface area (Å²) in [4.78, 5) is 29.6. The molecule has 0 aromatic heterocycles. The highest BCUT2D eigenvalue weighted by atomic mass is 35.5. The van der Waals surface area contributed by atoms with E-state index in [1.54, 1.807) is 30.3 Å². The second-order valence-corrected chi connectivity index (χ2v) is 12.7. The number of fused-ring (bicyclic) bond motifs is 1. The number of hydrogen-bond donors (Lipinski definition) is 1. The first kappa shape index (κ1) is 31.1. The number of hydrogen-bond acceptors (Lipinski definition) is 4. The number of nitrogens with one attached hydrogen (secondary N) is 1. The van der Waals surface area contributed by atoms with Gasteiger partial charge in [-0.2, -0.15) is 0 Å². The Labute approximate surface area is 253 Å². The molecule has 0 aliphatic heterocycles. The van der Waals surface area contributed by atoms with E-state index in [9.17, 15) is 18.0 Å². The largest absolute Gasteiger partial charge is 0.352 e. The number of carbonyl (C=O) groups is 2. The third kappa shape index (κ3) is 7.69. The highest BCUT2D eigenvalue weighted by molar-refractivity contribution is 7.92. The highest BCUT2D eigenvalue weighted by Crippen LogP contribution is 2.29. The summed E-state index contributed by atoms with van der Waals surface area (Å²) in [5.41, 5.74) is 1.91. The van der Waals surface area contributed by atoms with Crippen LogP contribution in [0.3, 0.4) is 0 Å². The molecule has 1 N–H and O–H groups in total. The second kappa shape index (κ2) is 13.9. The minimum absolute atomic E-state index is 0.0249.